The van der Waals surface area contributed by atoms with Crippen molar-refractivity contribution in [2.45, 2.75) is 30.8 Å². The number of hydrogen-bond donors (Lipinski definition) is 0. The SMILES string of the molecule is CCOC(=O)CC1CN(S(=O)(=O)c2ccc(-c3ccc(Cl)cc3)cc2)CCN1Cc1ccc(F)cc1. The molecule has 1 fully saturated rings. The van der Waals surface area contributed by atoms with E-state index in [9.17, 15) is 17.6 Å². The summed E-state index contributed by atoms with van der Waals surface area (Å²) in [5.74, 6) is -0.696. The highest BCUT2D eigenvalue weighted by molar-refractivity contribution is 7.89. The first-order chi connectivity index (χ1) is 17.3. The molecule has 1 unspecified atom stereocenters. The van der Waals surface area contributed by atoms with Gasteiger partial charge in [-0.3, -0.25) is 9.69 Å². The number of hydrogen-bond acceptors (Lipinski definition) is 5. The first-order valence-corrected chi connectivity index (χ1v) is 13.6. The van der Waals surface area contributed by atoms with Gasteiger partial charge in [-0.1, -0.05) is 48.0 Å². The maximum absolute atomic E-state index is 13.5. The second kappa shape index (κ2) is 11.5. The Morgan fingerprint density at radius 1 is 0.972 bits per heavy atom. The third kappa shape index (κ3) is 6.31. The maximum Gasteiger partial charge on any atom is 0.307 e. The number of nitrogens with zero attached hydrogens (tertiary/aromatic N) is 2. The Morgan fingerprint density at radius 2 is 1.58 bits per heavy atom. The molecule has 0 spiro atoms. The van der Waals surface area contributed by atoms with Gasteiger partial charge in [-0.2, -0.15) is 4.31 Å². The number of benzene rings is 3. The number of esters is 1. The van der Waals surface area contributed by atoms with E-state index < -0.39 is 10.0 Å². The Balaban J connectivity index is 1.52. The Bertz CT molecular complexity index is 1280. The molecule has 1 aliphatic rings. The summed E-state index contributed by atoms with van der Waals surface area (Å²) in [6.45, 7) is 3.34. The van der Waals surface area contributed by atoms with Crippen LogP contribution >= 0.6 is 11.6 Å². The molecule has 3 aromatic carbocycles. The molecule has 1 aliphatic heterocycles. The van der Waals surface area contributed by atoms with E-state index in [1.54, 1.807) is 55.5 Å². The Hall–Kier alpha value is -2.78. The van der Waals surface area contributed by atoms with Gasteiger partial charge in [0.05, 0.1) is 17.9 Å². The summed E-state index contributed by atoms with van der Waals surface area (Å²) >= 11 is 5.96. The zero-order chi connectivity index (χ0) is 25.7. The summed E-state index contributed by atoms with van der Waals surface area (Å²) < 4.78 is 46.8. The number of halogens is 2. The van der Waals surface area contributed by atoms with Crippen LogP contribution in [-0.2, 0) is 26.1 Å². The molecule has 0 amide bonds. The van der Waals surface area contributed by atoms with Crippen molar-refractivity contribution in [1.82, 2.24) is 9.21 Å². The molecule has 0 aliphatic carbocycles. The van der Waals surface area contributed by atoms with Gasteiger partial charge in [0.25, 0.3) is 0 Å². The van der Waals surface area contributed by atoms with Crippen LogP contribution in [0.4, 0.5) is 4.39 Å². The molecule has 0 bridgehead atoms. The normalized spacial score (nSPS) is 17.1. The van der Waals surface area contributed by atoms with Crippen LogP contribution in [0.5, 0.6) is 0 Å². The lowest BCUT2D eigenvalue weighted by atomic mass is 10.1. The number of carbonyl (C=O) groups is 1. The Morgan fingerprint density at radius 3 is 2.19 bits per heavy atom. The number of piperazine rings is 1. The molecular formula is C27H28ClFN2O4S. The summed E-state index contributed by atoms with van der Waals surface area (Å²) in [6.07, 6.45) is 0.0660. The van der Waals surface area contributed by atoms with Crippen molar-refractivity contribution in [3.63, 3.8) is 0 Å². The van der Waals surface area contributed by atoms with Gasteiger partial charge in [0, 0.05) is 37.2 Å². The second-order valence-electron chi connectivity index (χ2n) is 8.65. The van der Waals surface area contributed by atoms with Crippen LogP contribution in [0, 0.1) is 5.82 Å². The summed E-state index contributed by atoms with van der Waals surface area (Å²) in [6, 6.07) is 19.9. The molecule has 190 valence electrons. The van der Waals surface area contributed by atoms with Crippen LogP contribution in [-0.4, -0.2) is 55.9 Å². The van der Waals surface area contributed by atoms with Crippen LogP contribution in [0.25, 0.3) is 11.1 Å². The fraction of sp³-hybridized carbons (Fsp3) is 0.296. The van der Waals surface area contributed by atoms with Crippen LogP contribution in [0.15, 0.2) is 77.7 Å². The number of sulfonamides is 1. The average molecular weight is 531 g/mol. The molecule has 1 heterocycles. The minimum Gasteiger partial charge on any atom is -0.466 e. The van der Waals surface area contributed by atoms with Gasteiger partial charge in [-0.25, -0.2) is 12.8 Å². The zero-order valence-corrected chi connectivity index (χ0v) is 21.5. The van der Waals surface area contributed by atoms with Gasteiger partial charge in [0.1, 0.15) is 5.82 Å². The molecule has 3 aromatic rings. The highest BCUT2D eigenvalue weighted by Crippen LogP contribution is 2.27. The first-order valence-electron chi connectivity index (χ1n) is 11.8. The van der Waals surface area contributed by atoms with Gasteiger partial charge in [0.2, 0.25) is 10.0 Å². The lowest BCUT2D eigenvalue weighted by Crippen LogP contribution is -2.54. The van der Waals surface area contributed by atoms with E-state index in [-0.39, 0.29) is 48.8 Å². The van der Waals surface area contributed by atoms with Crippen molar-refractivity contribution < 1.29 is 22.3 Å². The van der Waals surface area contributed by atoms with Gasteiger partial charge >= 0.3 is 5.97 Å². The lowest BCUT2D eigenvalue weighted by Gasteiger charge is -2.40. The predicted molar refractivity (Wildman–Crippen MR) is 137 cm³/mol. The maximum atomic E-state index is 13.5. The molecule has 6 nitrogen and oxygen atoms in total. The molecule has 4 rings (SSSR count). The van der Waals surface area contributed by atoms with E-state index in [0.29, 0.717) is 18.1 Å². The van der Waals surface area contributed by atoms with Gasteiger partial charge in [0.15, 0.2) is 0 Å². The van der Waals surface area contributed by atoms with Crippen molar-refractivity contribution in [1.29, 1.82) is 0 Å². The highest BCUT2D eigenvalue weighted by Gasteiger charge is 2.35. The van der Waals surface area contributed by atoms with Gasteiger partial charge < -0.3 is 4.74 Å². The van der Waals surface area contributed by atoms with Crippen molar-refractivity contribution in [2.75, 3.05) is 26.2 Å². The molecule has 9 heteroatoms. The summed E-state index contributed by atoms with van der Waals surface area (Å²) in [5, 5.41) is 0.633. The Kier molecular flexibility index (Phi) is 8.41. The minimum absolute atomic E-state index is 0.0660. The molecular weight excluding hydrogens is 503 g/mol. The zero-order valence-electron chi connectivity index (χ0n) is 19.9. The number of rotatable bonds is 8. The topological polar surface area (TPSA) is 66.9 Å². The molecule has 0 aromatic heterocycles. The molecule has 0 N–H and O–H groups in total. The Labute approximate surface area is 216 Å². The lowest BCUT2D eigenvalue weighted by molar-refractivity contribution is -0.145. The predicted octanol–water partition coefficient (Wildman–Crippen LogP) is 4.97. The summed E-state index contributed by atoms with van der Waals surface area (Å²) in [7, 11) is -3.77. The van der Waals surface area contributed by atoms with Gasteiger partial charge in [-0.15, -0.1) is 0 Å². The molecule has 0 radical (unpaired) electrons. The highest BCUT2D eigenvalue weighted by atomic mass is 35.5. The number of ether oxygens (including phenoxy) is 1. The quantitative estimate of drug-likeness (QED) is 0.384. The van der Waals surface area contributed by atoms with E-state index in [4.69, 9.17) is 16.3 Å². The van der Waals surface area contributed by atoms with Crippen LogP contribution in [0.2, 0.25) is 5.02 Å². The average Bonchev–Trinajstić information content (AvgIpc) is 2.87. The molecule has 0 saturated carbocycles. The fourth-order valence-corrected chi connectivity index (χ4v) is 5.93. The first kappa shape index (κ1) is 26.3. The molecule has 1 saturated heterocycles. The molecule has 36 heavy (non-hydrogen) atoms. The third-order valence-corrected chi connectivity index (χ3v) is 8.37. The van der Waals surface area contributed by atoms with Gasteiger partial charge in [-0.05, 0) is 60.0 Å². The van der Waals surface area contributed by atoms with Crippen molar-refractivity contribution >= 4 is 27.6 Å². The number of carbonyl (C=O) groups excluding carboxylic acids is 1. The summed E-state index contributed by atoms with van der Waals surface area (Å²) in [4.78, 5) is 14.6. The largest absolute Gasteiger partial charge is 0.466 e. The third-order valence-electron chi connectivity index (χ3n) is 6.24. The van der Waals surface area contributed by atoms with E-state index in [1.165, 1.54) is 16.4 Å². The van der Waals surface area contributed by atoms with Crippen LogP contribution < -0.4 is 0 Å². The van der Waals surface area contributed by atoms with Crippen LogP contribution in [0.3, 0.4) is 0 Å². The van der Waals surface area contributed by atoms with E-state index in [2.05, 4.69) is 4.90 Å². The van der Waals surface area contributed by atoms with Crippen molar-refractivity contribution in [3.8, 4) is 11.1 Å². The summed E-state index contributed by atoms with van der Waals surface area (Å²) in [5.41, 5.74) is 2.71. The van der Waals surface area contributed by atoms with Crippen molar-refractivity contribution in [2.24, 2.45) is 0 Å². The standard InChI is InChI=1S/C27H28ClFN2O4S/c1-2-35-27(32)17-25-19-31(16-15-30(25)18-20-3-11-24(29)12-4-20)36(33,34)26-13-7-22(8-14-26)21-5-9-23(28)10-6-21/h3-14,25H,2,15-19H2,1H3. The minimum atomic E-state index is -3.77. The monoisotopic (exact) mass is 530 g/mol. The smallest absolute Gasteiger partial charge is 0.307 e. The molecule has 1 atom stereocenters. The van der Waals surface area contributed by atoms with E-state index in [1.807, 2.05) is 12.1 Å². The van der Waals surface area contributed by atoms with Crippen LogP contribution in [0.1, 0.15) is 18.9 Å². The second-order valence-corrected chi connectivity index (χ2v) is 11.0. The van der Waals surface area contributed by atoms with E-state index >= 15 is 0 Å². The van der Waals surface area contributed by atoms with E-state index in [0.717, 1.165) is 16.7 Å². The van der Waals surface area contributed by atoms with Crippen molar-refractivity contribution in [3.05, 3.63) is 89.2 Å². The fourth-order valence-electron chi connectivity index (χ4n) is 4.33.